The molecule has 0 saturated carbocycles. The number of amides is 1. The number of esters is 1. The first-order valence-corrected chi connectivity index (χ1v) is 7.00. The smallest absolute Gasteiger partial charge is 0.326 e. The molecule has 7 nitrogen and oxygen atoms in total. The summed E-state index contributed by atoms with van der Waals surface area (Å²) < 4.78 is 9.15. The van der Waals surface area contributed by atoms with Crippen molar-refractivity contribution in [3.8, 4) is 0 Å². The van der Waals surface area contributed by atoms with Crippen LogP contribution in [0.1, 0.15) is 31.3 Å². The zero-order valence-electron chi connectivity index (χ0n) is 11.4. The van der Waals surface area contributed by atoms with E-state index in [2.05, 4.69) is 4.98 Å². The highest BCUT2D eigenvalue weighted by Crippen LogP contribution is 2.16. The minimum atomic E-state index is -0.575. The molecular formula is C12H15IN4O3. The number of carbonyl (C=O) groups is 2. The molecule has 0 aliphatic carbocycles. The molecular weight excluding hydrogens is 375 g/mol. The fraction of sp³-hybridized carbons (Fsp3) is 0.417. The van der Waals surface area contributed by atoms with Crippen molar-refractivity contribution < 1.29 is 14.3 Å². The summed E-state index contributed by atoms with van der Waals surface area (Å²) >= 11 is 2.04. The van der Waals surface area contributed by atoms with Crippen LogP contribution < -0.4 is 5.73 Å². The van der Waals surface area contributed by atoms with Crippen molar-refractivity contribution in [2.45, 2.75) is 32.9 Å². The SMILES string of the molecule is CC(C)(C)OC(=O)Cn1cc(C(N)=O)n2c(I)cnc12. The van der Waals surface area contributed by atoms with Gasteiger partial charge in [-0.05, 0) is 43.4 Å². The predicted molar refractivity (Wildman–Crippen MR) is 80.3 cm³/mol. The Labute approximate surface area is 129 Å². The summed E-state index contributed by atoms with van der Waals surface area (Å²) in [5, 5.41) is 0. The number of aromatic nitrogens is 3. The molecule has 0 atom stereocenters. The Morgan fingerprint density at radius 3 is 2.65 bits per heavy atom. The third-order valence-electron chi connectivity index (χ3n) is 2.45. The van der Waals surface area contributed by atoms with Gasteiger partial charge in [0.2, 0.25) is 5.78 Å². The van der Waals surface area contributed by atoms with Crippen molar-refractivity contribution in [2.24, 2.45) is 5.73 Å². The number of nitrogens with two attached hydrogens (primary N) is 1. The van der Waals surface area contributed by atoms with E-state index in [0.29, 0.717) is 5.78 Å². The zero-order chi connectivity index (χ0) is 15.1. The summed E-state index contributed by atoms with van der Waals surface area (Å²) in [6.07, 6.45) is 3.12. The second-order valence-corrected chi connectivity index (χ2v) is 6.41. The number of hydrogen-bond acceptors (Lipinski definition) is 4. The van der Waals surface area contributed by atoms with Gasteiger partial charge in [-0.1, -0.05) is 0 Å². The number of carbonyl (C=O) groups excluding carboxylic acids is 2. The lowest BCUT2D eigenvalue weighted by Crippen LogP contribution is -2.26. The average Bonchev–Trinajstić information content (AvgIpc) is 2.79. The van der Waals surface area contributed by atoms with Crippen molar-refractivity contribution in [1.29, 1.82) is 0 Å². The Hall–Kier alpha value is -1.58. The number of ether oxygens (including phenoxy) is 1. The van der Waals surface area contributed by atoms with Gasteiger partial charge in [-0.3, -0.25) is 14.0 Å². The Morgan fingerprint density at radius 2 is 2.10 bits per heavy atom. The van der Waals surface area contributed by atoms with E-state index in [9.17, 15) is 9.59 Å². The number of fused-ring (bicyclic) bond motifs is 1. The van der Waals surface area contributed by atoms with Gasteiger partial charge in [-0.25, -0.2) is 4.98 Å². The van der Waals surface area contributed by atoms with Gasteiger partial charge in [-0.15, -0.1) is 0 Å². The van der Waals surface area contributed by atoms with E-state index in [-0.39, 0.29) is 12.2 Å². The minimum Gasteiger partial charge on any atom is -0.459 e. The van der Waals surface area contributed by atoms with Gasteiger partial charge in [0.15, 0.2) is 0 Å². The average molecular weight is 390 g/mol. The second kappa shape index (κ2) is 5.08. The predicted octanol–water partition coefficient (Wildman–Crippen LogP) is 1.18. The molecule has 2 heterocycles. The van der Waals surface area contributed by atoms with Crippen LogP contribution in [0.4, 0.5) is 0 Å². The first-order chi connectivity index (χ1) is 9.19. The van der Waals surface area contributed by atoms with Crippen LogP contribution >= 0.6 is 22.6 Å². The molecule has 20 heavy (non-hydrogen) atoms. The normalized spacial score (nSPS) is 11.8. The first-order valence-electron chi connectivity index (χ1n) is 5.93. The standard InChI is InChI=1S/C12H15IN4O3/c1-12(2,3)20-9(18)6-16-5-7(10(14)19)17-8(13)4-15-11(16)17/h4-5H,6H2,1-3H3,(H2,14,19). The lowest BCUT2D eigenvalue weighted by atomic mass is 10.2. The molecule has 0 aliphatic heterocycles. The molecule has 0 unspecified atom stereocenters. The number of halogens is 1. The summed E-state index contributed by atoms with van der Waals surface area (Å²) in [6.45, 7) is 5.36. The second-order valence-electron chi connectivity index (χ2n) is 5.31. The van der Waals surface area contributed by atoms with E-state index in [0.717, 1.165) is 3.70 Å². The van der Waals surface area contributed by atoms with Crippen LogP contribution in [0.3, 0.4) is 0 Å². The first kappa shape index (κ1) is 14.8. The van der Waals surface area contributed by atoms with Gasteiger partial charge in [0, 0.05) is 6.20 Å². The number of nitrogens with zero attached hydrogens (tertiary/aromatic N) is 3. The number of rotatable bonds is 3. The number of primary amides is 1. The van der Waals surface area contributed by atoms with Crippen LogP contribution in [0.15, 0.2) is 12.4 Å². The van der Waals surface area contributed by atoms with E-state index < -0.39 is 17.5 Å². The molecule has 0 fully saturated rings. The molecule has 0 aromatic carbocycles. The quantitative estimate of drug-likeness (QED) is 0.630. The lowest BCUT2D eigenvalue weighted by molar-refractivity contribution is -0.155. The molecule has 1 amide bonds. The van der Waals surface area contributed by atoms with Crippen LogP contribution in [0.5, 0.6) is 0 Å². The van der Waals surface area contributed by atoms with Crippen LogP contribution in [0.2, 0.25) is 0 Å². The van der Waals surface area contributed by atoms with Crippen LogP contribution in [-0.2, 0) is 16.1 Å². The van der Waals surface area contributed by atoms with Gasteiger partial charge < -0.3 is 15.0 Å². The summed E-state index contributed by atoms with van der Waals surface area (Å²) in [4.78, 5) is 27.5. The van der Waals surface area contributed by atoms with E-state index in [1.165, 1.54) is 6.20 Å². The van der Waals surface area contributed by atoms with Gasteiger partial charge in [0.05, 0.1) is 6.20 Å². The molecule has 2 N–H and O–H groups in total. The van der Waals surface area contributed by atoms with Crippen LogP contribution in [-0.4, -0.2) is 31.4 Å². The number of imidazole rings is 2. The molecule has 0 bridgehead atoms. The molecule has 2 aromatic rings. The van der Waals surface area contributed by atoms with E-state index >= 15 is 0 Å². The minimum absolute atomic E-state index is 0.0266. The third kappa shape index (κ3) is 2.94. The largest absolute Gasteiger partial charge is 0.459 e. The van der Waals surface area contributed by atoms with Crippen molar-refractivity contribution in [1.82, 2.24) is 14.0 Å². The Bertz CT molecular complexity index is 681. The van der Waals surface area contributed by atoms with Gasteiger partial charge in [0.25, 0.3) is 5.91 Å². The maximum absolute atomic E-state index is 11.9. The highest BCUT2D eigenvalue weighted by Gasteiger charge is 2.21. The topological polar surface area (TPSA) is 91.6 Å². The van der Waals surface area contributed by atoms with Crippen molar-refractivity contribution in [3.63, 3.8) is 0 Å². The third-order valence-corrected chi connectivity index (χ3v) is 3.21. The van der Waals surface area contributed by atoms with Gasteiger partial charge >= 0.3 is 5.97 Å². The monoisotopic (exact) mass is 390 g/mol. The van der Waals surface area contributed by atoms with Crippen molar-refractivity contribution in [2.75, 3.05) is 0 Å². The van der Waals surface area contributed by atoms with E-state index in [1.807, 2.05) is 22.6 Å². The molecule has 8 heteroatoms. The number of hydrogen-bond donors (Lipinski definition) is 1. The summed E-state index contributed by atoms with van der Waals surface area (Å²) in [5.41, 5.74) is 5.06. The molecule has 0 radical (unpaired) electrons. The Kier molecular flexibility index (Phi) is 3.76. The van der Waals surface area contributed by atoms with E-state index in [4.69, 9.17) is 10.5 Å². The molecule has 0 saturated heterocycles. The zero-order valence-corrected chi connectivity index (χ0v) is 13.5. The van der Waals surface area contributed by atoms with Gasteiger partial charge in [0.1, 0.15) is 21.5 Å². The maximum Gasteiger partial charge on any atom is 0.326 e. The fourth-order valence-corrected chi connectivity index (χ4v) is 2.43. The molecule has 0 aliphatic rings. The lowest BCUT2D eigenvalue weighted by Gasteiger charge is -2.19. The summed E-state index contributed by atoms with van der Waals surface area (Å²) in [6, 6.07) is 0. The Balaban J connectivity index is 2.36. The summed E-state index contributed by atoms with van der Waals surface area (Å²) in [5.74, 6) is -0.494. The van der Waals surface area contributed by atoms with E-state index in [1.54, 1.807) is 35.9 Å². The summed E-state index contributed by atoms with van der Waals surface area (Å²) in [7, 11) is 0. The van der Waals surface area contributed by atoms with Crippen LogP contribution in [0.25, 0.3) is 5.78 Å². The highest BCUT2D eigenvalue weighted by atomic mass is 127. The molecule has 108 valence electrons. The van der Waals surface area contributed by atoms with Crippen LogP contribution in [0, 0.1) is 3.70 Å². The Morgan fingerprint density at radius 1 is 1.45 bits per heavy atom. The van der Waals surface area contributed by atoms with Gasteiger partial charge in [-0.2, -0.15) is 0 Å². The molecule has 2 aromatic heterocycles. The fourth-order valence-electron chi connectivity index (χ4n) is 1.81. The molecule has 0 spiro atoms. The van der Waals surface area contributed by atoms with Crippen molar-refractivity contribution >= 4 is 40.2 Å². The molecule has 2 rings (SSSR count). The highest BCUT2D eigenvalue weighted by molar-refractivity contribution is 14.1. The van der Waals surface area contributed by atoms with Crippen molar-refractivity contribution in [3.05, 3.63) is 21.8 Å². The maximum atomic E-state index is 11.9.